The first-order chi connectivity index (χ1) is 11.2. The number of piperidine rings is 1. The minimum absolute atomic E-state index is 0.141. The van der Waals surface area contributed by atoms with Crippen LogP contribution in [0.3, 0.4) is 0 Å². The Bertz CT molecular complexity index is 565. The summed E-state index contributed by atoms with van der Waals surface area (Å²) in [5.41, 5.74) is 0.228. The topological polar surface area (TPSA) is 20.3 Å². The number of nitrogens with zero attached hydrogens (tertiary/aromatic N) is 1. The van der Waals surface area contributed by atoms with Crippen LogP contribution < -0.4 is 0 Å². The van der Waals surface area contributed by atoms with Crippen LogP contribution in [-0.4, -0.2) is 30.1 Å². The molecule has 0 aromatic heterocycles. The smallest absolute Gasteiger partial charge is 0.343 e. The molecule has 7 heteroatoms. The van der Waals surface area contributed by atoms with Crippen LogP contribution >= 0.6 is 0 Å². The molecule has 0 spiro atoms. The maximum atomic E-state index is 13.5. The van der Waals surface area contributed by atoms with E-state index in [1.165, 1.54) is 0 Å². The fourth-order valence-corrected chi connectivity index (χ4v) is 3.04. The third-order valence-corrected chi connectivity index (χ3v) is 4.33. The molecule has 0 bridgehead atoms. The first-order valence-corrected chi connectivity index (χ1v) is 8.03. The number of rotatable bonds is 5. The second kappa shape index (κ2) is 7.94. The average molecular weight is 349 g/mol. The molecule has 0 unspecified atom stereocenters. The molecule has 0 aliphatic carbocycles. The number of carbonyl (C=O) groups excluding carboxylic acids is 1. The van der Waals surface area contributed by atoms with Crippen LogP contribution in [0.4, 0.5) is 22.0 Å². The van der Waals surface area contributed by atoms with E-state index in [0.29, 0.717) is 32.4 Å². The molecule has 2 rings (SSSR count). The zero-order valence-electron chi connectivity index (χ0n) is 13.2. The van der Waals surface area contributed by atoms with Gasteiger partial charge in [0, 0.05) is 25.9 Å². The molecule has 1 aromatic rings. The van der Waals surface area contributed by atoms with Gasteiger partial charge in [-0.25, -0.2) is 8.78 Å². The molecule has 2 nitrogen and oxygen atoms in total. The van der Waals surface area contributed by atoms with E-state index < -0.39 is 30.1 Å². The quantitative estimate of drug-likeness (QED) is 0.718. The Hall–Kier alpha value is -1.66. The van der Waals surface area contributed by atoms with Crippen molar-refractivity contribution in [1.29, 1.82) is 0 Å². The molecule has 1 heterocycles. The Morgan fingerprint density at radius 1 is 1.17 bits per heavy atom. The van der Waals surface area contributed by atoms with Crippen molar-refractivity contribution in [3.8, 4) is 0 Å². The zero-order chi connectivity index (χ0) is 17.7. The van der Waals surface area contributed by atoms with Crippen molar-refractivity contribution in [1.82, 2.24) is 4.90 Å². The highest BCUT2D eigenvalue weighted by Gasteiger charge is 2.34. The lowest BCUT2D eigenvalue weighted by atomic mass is 9.93. The monoisotopic (exact) mass is 349 g/mol. The largest absolute Gasteiger partial charge is 0.389 e. The van der Waals surface area contributed by atoms with Gasteiger partial charge in [0.05, 0.1) is 0 Å². The van der Waals surface area contributed by atoms with Crippen LogP contribution in [0.25, 0.3) is 0 Å². The summed E-state index contributed by atoms with van der Waals surface area (Å²) in [6, 6.07) is 3.20. The fourth-order valence-electron chi connectivity index (χ4n) is 3.04. The molecule has 1 aromatic carbocycles. The second-order valence-corrected chi connectivity index (χ2v) is 6.23. The number of benzene rings is 1. The maximum Gasteiger partial charge on any atom is 0.389 e. The van der Waals surface area contributed by atoms with Crippen molar-refractivity contribution in [2.45, 2.75) is 44.7 Å². The number of aryl methyl sites for hydroxylation is 1. The van der Waals surface area contributed by atoms with E-state index in [4.69, 9.17) is 0 Å². The highest BCUT2D eigenvalue weighted by Crippen LogP contribution is 2.31. The van der Waals surface area contributed by atoms with Gasteiger partial charge in [-0.15, -0.1) is 0 Å². The van der Waals surface area contributed by atoms with Gasteiger partial charge in [-0.2, -0.15) is 13.2 Å². The predicted molar refractivity (Wildman–Crippen MR) is 79.3 cm³/mol. The van der Waals surface area contributed by atoms with Crippen LogP contribution in [0.15, 0.2) is 18.2 Å². The Balaban J connectivity index is 1.73. The standard InChI is InChI=1S/C17H20F5NO/c18-14-4-5-15(19)13(10-14)2-1-3-16(24)23-8-6-12(7-9-23)11-17(20,21)22/h4-5,10,12H,1-3,6-9,11H2. The molecule has 134 valence electrons. The summed E-state index contributed by atoms with van der Waals surface area (Å²) in [4.78, 5) is 13.6. The summed E-state index contributed by atoms with van der Waals surface area (Å²) in [5.74, 6) is -1.59. The molecule has 1 aliphatic heterocycles. The zero-order valence-corrected chi connectivity index (χ0v) is 13.2. The molecule has 1 saturated heterocycles. The Morgan fingerprint density at radius 2 is 1.83 bits per heavy atom. The summed E-state index contributed by atoms with van der Waals surface area (Å²) in [6.07, 6.45) is -3.45. The first-order valence-electron chi connectivity index (χ1n) is 8.03. The molecule has 1 aliphatic rings. The molecular formula is C17H20F5NO. The Morgan fingerprint density at radius 3 is 2.46 bits per heavy atom. The lowest BCUT2D eigenvalue weighted by Gasteiger charge is -2.32. The molecule has 24 heavy (non-hydrogen) atoms. The summed E-state index contributed by atoms with van der Waals surface area (Å²) in [7, 11) is 0. The van der Waals surface area contributed by atoms with Gasteiger partial charge in [-0.3, -0.25) is 4.79 Å². The van der Waals surface area contributed by atoms with Crippen LogP contribution in [0.2, 0.25) is 0 Å². The van der Waals surface area contributed by atoms with Gasteiger partial charge in [0.25, 0.3) is 0 Å². The maximum absolute atomic E-state index is 13.5. The summed E-state index contributed by atoms with van der Waals surface area (Å²) in [6.45, 7) is 0.655. The normalized spacial score (nSPS) is 16.5. The first kappa shape index (κ1) is 18.7. The summed E-state index contributed by atoms with van der Waals surface area (Å²) in [5, 5.41) is 0. The van der Waals surface area contributed by atoms with Crippen molar-refractivity contribution in [3.63, 3.8) is 0 Å². The van der Waals surface area contributed by atoms with E-state index in [1.54, 1.807) is 4.90 Å². The van der Waals surface area contributed by atoms with Crippen molar-refractivity contribution in [2.75, 3.05) is 13.1 Å². The van der Waals surface area contributed by atoms with Gasteiger partial charge < -0.3 is 4.90 Å². The predicted octanol–water partition coefficient (Wildman–Crippen LogP) is 4.48. The van der Waals surface area contributed by atoms with Crippen molar-refractivity contribution in [2.24, 2.45) is 5.92 Å². The number of amides is 1. The van der Waals surface area contributed by atoms with Crippen LogP contribution in [0.5, 0.6) is 0 Å². The molecular weight excluding hydrogens is 329 g/mol. The Labute approximate surface area is 137 Å². The third kappa shape index (κ3) is 5.76. The molecule has 0 atom stereocenters. The molecule has 0 radical (unpaired) electrons. The van der Waals surface area contributed by atoms with E-state index in [-0.39, 0.29) is 24.3 Å². The lowest BCUT2D eigenvalue weighted by molar-refractivity contribution is -0.149. The van der Waals surface area contributed by atoms with E-state index in [1.807, 2.05) is 0 Å². The molecule has 0 N–H and O–H groups in total. The third-order valence-electron chi connectivity index (χ3n) is 4.33. The van der Waals surface area contributed by atoms with E-state index >= 15 is 0 Å². The number of alkyl halides is 3. The van der Waals surface area contributed by atoms with Crippen molar-refractivity contribution in [3.05, 3.63) is 35.4 Å². The summed E-state index contributed by atoms with van der Waals surface area (Å²) >= 11 is 0. The number of hydrogen-bond acceptors (Lipinski definition) is 1. The second-order valence-electron chi connectivity index (χ2n) is 6.23. The molecule has 1 amide bonds. The van der Waals surface area contributed by atoms with Gasteiger partial charge in [0.15, 0.2) is 0 Å². The number of carbonyl (C=O) groups is 1. The van der Waals surface area contributed by atoms with Gasteiger partial charge in [0.2, 0.25) is 5.91 Å². The highest BCUT2D eigenvalue weighted by atomic mass is 19.4. The van der Waals surface area contributed by atoms with Crippen LogP contribution in [0, 0.1) is 17.6 Å². The van der Waals surface area contributed by atoms with E-state index in [0.717, 1.165) is 18.2 Å². The van der Waals surface area contributed by atoms with Crippen molar-refractivity contribution < 1.29 is 26.7 Å². The number of halogens is 5. The lowest BCUT2D eigenvalue weighted by Crippen LogP contribution is -2.39. The van der Waals surface area contributed by atoms with Gasteiger partial charge >= 0.3 is 6.18 Å². The number of likely N-dealkylation sites (tertiary alicyclic amines) is 1. The van der Waals surface area contributed by atoms with Gasteiger partial charge in [-0.1, -0.05) is 0 Å². The van der Waals surface area contributed by atoms with E-state index in [2.05, 4.69) is 0 Å². The van der Waals surface area contributed by atoms with Crippen molar-refractivity contribution >= 4 is 5.91 Å². The van der Waals surface area contributed by atoms with Gasteiger partial charge in [0.1, 0.15) is 11.6 Å². The van der Waals surface area contributed by atoms with E-state index in [9.17, 15) is 26.7 Å². The SMILES string of the molecule is O=C(CCCc1cc(F)ccc1F)N1CCC(CC(F)(F)F)CC1. The fraction of sp³-hybridized carbons (Fsp3) is 0.588. The minimum atomic E-state index is -4.16. The van der Waals surface area contributed by atoms with Crippen LogP contribution in [0.1, 0.15) is 37.7 Å². The minimum Gasteiger partial charge on any atom is -0.343 e. The average Bonchev–Trinajstić information content (AvgIpc) is 2.49. The van der Waals surface area contributed by atoms with Crippen LogP contribution in [-0.2, 0) is 11.2 Å². The number of hydrogen-bond donors (Lipinski definition) is 0. The molecule has 0 saturated carbocycles. The molecule has 1 fully saturated rings. The summed E-state index contributed by atoms with van der Waals surface area (Å²) < 4.78 is 63.6. The highest BCUT2D eigenvalue weighted by molar-refractivity contribution is 5.76. The van der Waals surface area contributed by atoms with Gasteiger partial charge in [-0.05, 0) is 55.4 Å². The Kier molecular flexibility index (Phi) is 6.18.